The lowest BCUT2D eigenvalue weighted by Crippen LogP contribution is -2.29. The number of amides is 1. The van der Waals surface area contributed by atoms with E-state index >= 15 is 0 Å². The second kappa shape index (κ2) is 8.94. The first-order valence-corrected chi connectivity index (χ1v) is 10.7. The van der Waals surface area contributed by atoms with Crippen molar-refractivity contribution in [1.29, 1.82) is 0 Å². The highest BCUT2D eigenvalue weighted by atomic mass is 16.5. The van der Waals surface area contributed by atoms with Gasteiger partial charge < -0.3 is 19.2 Å². The third-order valence-corrected chi connectivity index (χ3v) is 5.92. The zero-order chi connectivity index (χ0) is 23.7. The van der Waals surface area contributed by atoms with Crippen molar-refractivity contribution >= 4 is 17.4 Å². The Kier molecular flexibility index (Phi) is 6.05. The van der Waals surface area contributed by atoms with Gasteiger partial charge in [0.25, 0.3) is 11.7 Å². The van der Waals surface area contributed by atoms with Gasteiger partial charge in [-0.25, -0.2) is 0 Å². The lowest BCUT2D eigenvalue weighted by Gasteiger charge is -2.24. The van der Waals surface area contributed by atoms with Gasteiger partial charge in [-0.05, 0) is 65.9 Å². The van der Waals surface area contributed by atoms with E-state index in [2.05, 4.69) is 4.98 Å². The third-order valence-electron chi connectivity index (χ3n) is 5.92. The number of likely N-dealkylation sites (tertiary alicyclic amines) is 1. The van der Waals surface area contributed by atoms with Gasteiger partial charge in [-0.15, -0.1) is 0 Å². The number of aromatic nitrogens is 1. The van der Waals surface area contributed by atoms with Gasteiger partial charge in [-0.1, -0.05) is 13.8 Å². The van der Waals surface area contributed by atoms with Crippen molar-refractivity contribution in [3.05, 3.63) is 88.6 Å². The molecule has 7 heteroatoms. The molecule has 4 rings (SSSR count). The van der Waals surface area contributed by atoms with Crippen LogP contribution in [-0.2, 0) is 16.1 Å². The smallest absolute Gasteiger partial charge is 0.296 e. The van der Waals surface area contributed by atoms with Crippen molar-refractivity contribution in [1.82, 2.24) is 9.88 Å². The molecular formula is C26H26N2O5. The number of aliphatic hydroxyl groups is 1. The van der Waals surface area contributed by atoms with E-state index in [1.54, 1.807) is 43.8 Å². The number of aryl methyl sites for hydroxylation is 1. The Hall–Kier alpha value is -3.87. The molecule has 0 aliphatic carbocycles. The maximum atomic E-state index is 13.2. The molecular weight excluding hydrogens is 420 g/mol. The van der Waals surface area contributed by atoms with Crippen LogP contribution in [0.2, 0.25) is 0 Å². The quantitative estimate of drug-likeness (QED) is 0.334. The van der Waals surface area contributed by atoms with E-state index in [0.717, 1.165) is 11.1 Å². The molecule has 1 amide bonds. The molecule has 33 heavy (non-hydrogen) atoms. The molecule has 1 saturated heterocycles. The number of hydrogen-bond acceptors (Lipinski definition) is 6. The summed E-state index contributed by atoms with van der Waals surface area (Å²) in [6.07, 6.45) is 4.71. The number of carbonyl (C=O) groups excluding carboxylic acids is 2. The fraction of sp³-hybridized carbons (Fsp3) is 0.269. The molecule has 170 valence electrons. The highest BCUT2D eigenvalue weighted by molar-refractivity contribution is 6.46. The van der Waals surface area contributed by atoms with Crippen molar-refractivity contribution < 1.29 is 23.8 Å². The molecule has 7 nitrogen and oxygen atoms in total. The average molecular weight is 447 g/mol. The van der Waals surface area contributed by atoms with E-state index in [0.29, 0.717) is 22.6 Å². The van der Waals surface area contributed by atoms with Crippen LogP contribution in [-0.4, -0.2) is 33.8 Å². The number of hydrogen-bond donors (Lipinski definition) is 1. The number of ketones is 1. The molecule has 0 radical (unpaired) electrons. The molecule has 1 atom stereocenters. The summed E-state index contributed by atoms with van der Waals surface area (Å²) in [5.74, 6) is -0.252. The summed E-state index contributed by atoms with van der Waals surface area (Å²) in [5.41, 5.74) is 2.84. The lowest BCUT2D eigenvalue weighted by atomic mass is 9.91. The average Bonchev–Trinajstić information content (AvgIpc) is 3.41. The second-order valence-electron chi connectivity index (χ2n) is 8.35. The Morgan fingerprint density at radius 1 is 1.21 bits per heavy atom. The predicted octanol–water partition coefficient (Wildman–Crippen LogP) is 4.74. The van der Waals surface area contributed by atoms with Crippen LogP contribution in [0.1, 0.15) is 53.8 Å². The van der Waals surface area contributed by atoms with Crippen LogP contribution in [0.25, 0.3) is 5.76 Å². The minimum Gasteiger partial charge on any atom is -0.507 e. The van der Waals surface area contributed by atoms with Crippen molar-refractivity contribution in [3.63, 3.8) is 0 Å². The fourth-order valence-electron chi connectivity index (χ4n) is 4.23. The van der Waals surface area contributed by atoms with Gasteiger partial charge in [0.1, 0.15) is 17.3 Å². The monoisotopic (exact) mass is 446 g/mol. The van der Waals surface area contributed by atoms with E-state index < -0.39 is 17.7 Å². The van der Waals surface area contributed by atoms with Crippen LogP contribution in [0.4, 0.5) is 0 Å². The molecule has 1 aliphatic heterocycles. The molecule has 0 spiro atoms. The van der Waals surface area contributed by atoms with E-state index in [1.807, 2.05) is 32.9 Å². The number of rotatable bonds is 6. The summed E-state index contributed by atoms with van der Waals surface area (Å²) in [6.45, 7) is 5.98. The van der Waals surface area contributed by atoms with Crippen LogP contribution in [0.5, 0.6) is 5.75 Å². The zero-order valence-electron chi connectivity index (χ0n) is 19.0. The maximum absolute atomic E-state index is 13.2. The molecule has 3 aromatic rings. The summed E-state index contributed by atoms with van der Waals surface area (Å²) < 4.78 is 10.9. The molecule has 0 bridgehead atoms. The van der Waals surface area contributed by atoms with E-state index in [9.17, 15) is 14.7 Å². The Labute approximate surface area is 192 Å². The first kappa shape index (κ1) is 22.3. The molecule has 2 aromatic heterocycles. The van der Waals surface area contributed by atoms with Crippen molar-refractivity contribution in [2.75, 3.05) is 7.11 Å². The van der Waals surface area contributed by atoms with Crippen LogP contribution in [0.15, 0.2) is 65.0 Å². The van der Waals surface area contributed by atoms with Crippen LogP contribution < -0.4 is 4.74 Å². The minimum absolute atomic E-state index is 0.0423. The number of aliphatic hydroxyl groups excluding tert-OH is 1. The third kappa shape index (κ3) is 4.02. The maximum Gasteiger partial charge on any atom is 0.296 e. The summed E-state index contributed by atoms with van der Waals surface area (Å²) >= 11 is 0. The van der Waals surface area contributed by atoms with Crippen molar-refractivity contribution in [3.8, 4) is 5.75 Å². The Morgan fingerprint density at radius 2 is 1.94 bits per heavy atom. The Morgan fingerprint density at radius 3 is 2.55 bits per heavy atom. The number of ether oxygens (including phenoxy) is 1. The predicted molar refractivity (Wildman–Crippen MR) is 123 cm³/mol. The second-order valence-corrected chi connectivity index (χ2v) is 8.35. The molecule has 1 N–H and O–H groups in total. The van der Waals surface area contributed by atoms with Gasteiger partial charge in [0, 0.05) is 18.0 Å². The van der Waals surface area contributed by atoms with E-state index in [4.69, 9.17) is 9.15 Å². The van der Waals surface area contributed by atoms with Crippen LogP contribution >= 0.6 is 0 Å². The van der Waals surface area contributed by atoms with Crippen molar-refractivity contribution in [2.45, 2.75) is 39.3 Å². The number of benzene rings is 1. The lowest BCUT2D eigenvalue weighted by molar-refractivity contribution is -0.140. The topological polar surface area (TPSA) is 92.9 Å². The summed E-state index contributed by atoms with van der Waals surface area (Å²) in [7, 11) is 1.60. The molecule has 1 fully saturated rings. The normalized spacial score (nSPS) is 17.7. The van der Waals surface area contributed by atoms with E-state index in [1.165, 1.54) is 11.2 Å². The zero-order valence-corrected chi connectivity index (χ0v) is 19.0. The van der Waals surface area contributed by atoms with Gasteiger partial charge >= 0.3 is 0 Å². The summed E-state index contributed by atoms with van der Waals surface area (Å²) in [4.78, 5) is 31.8. The molecule has 3 heterocycles. The minimum atomic E-state index is -0.776. The number of methoxy groups -OCH3 is 1. The number of Topliss-reactive ketones (excluding diaryl/α,β-unsaturated/α-hetero) is 1. The van der Waals surface area contributed by atoms with Crippen LogP contribution in [0, 0.1) is 6.92 Å². The highest BCUT2D eigenvalue weighted by Crippen LogP contribution is 2.41. The number of pyridine rings is 1. The van der Waals surface area contributed by atoms with Gasteiger partial charge in [0.2, 0.25) is 0 Å². The van der Waals surface area contributed by atoms with Gasteiger partial charge in [0.05, 0.1) is 31.5 Å². The van der Waals surface area contributed by atoms with Crippen LogP contribution in [0.3, 0.4) is 0 Å². The van der Waals surface area contributed by atoms with Gasteiger partial charge in [-0.2, -0.15) is 0 Å². The Balaban J connectivity index is 1.91. The molecule has 0 saturated carbocycles. The number of carbonyl (C=O) groups is 2. The van der Waals surface area contributed by atoms with Gasteiger partial charge in [0.15, 0.2) is 0 Å². The highest BCUT2D eigenvalue weighted by Gasteiger charge is 2.46. The first-order chi connectivity index (χ1) is 15.8. The SMILES string of the molecule is COc1cc(C)c(/C(O)=C2\C(=O)C(=O)N(Cc3ccco3)C2c2ccncc2)cc1C(C)C. The largest absolute Gasteiger partial charge is 0.507 e. The summed E-state index contributed by atoms with van der Waals surface area (Å²) in [5, 5.41) is 11.4. The fourth-order valence-corrected chi connectivity index (χ4v) is 4.23. The first-order valence-electron chi connectivity index (χ1n) is 10.7. The standard InChI is InChI=1S/C26H26N2O5/c1-15(2)19-13-20(16(3)12-21(19)32-4)24(29)22-23(17-7-9-27-10-8-17)28(26(31)25(22)30)14-18-6-5-11-33-18/h5-13,15,23,29H,14H2,1-4H3/b24-22+. The molecule has 1 aromatic carbocycles. The molecule has 1 unspecified atom stereocenters. The van der Waals surface area contributed by atoms with E-state index in [-0.39, 0.29) is 23.8 Å². The Bertz CT molecular complexity index is 1210. The van der Waals surface area contributed by atoms with Gasteiger partial charge in [-0.3, -0.25) is 14.6 Å². The number of nitrogens with zero attached hydrogens (tertiary/aromatic N) is 2. The number of furan rings is 1. The van der Waals surface area contributed by atoms with Crippen molar-refractivity contribution in [2.24, 2.45) is 0 Å². The summed E-state index contributed by atoms with van der Waals surface area (Å²) in [6, 6.07) is 9.83. The molecule has 1 aliphatic rings.